The predicted molar refractivity (Wildman–Crippen MR) is 75.1 cm³/mol. The van der Waals surface area contributed by atoms with E-state index in [1.807, 2.05) is 36.1 Å². The lowest BCUT2D eigenvalue weighted by Crippen LogP contribution is -2.49. The largest absolute Gasteiger partial charge is 0.370 e. The minimum Gasteiger partial charge on any atom is -0.370 e. The van der Waals surface area contributed by atoms with Gasteiger partial charge < -0.3 is 9.64 Å². The van der Waals surface area contributed by atoms with E-state index in [0.29, 0.717) is 24.5 Å². The molecular weight excluding hydrogens is 318 g/mol. The van der Waals surface area contributed by atoms with Crippen LogP contribution in [0.1, 0.15) is 17.3 Å². The van der Waals surface area contributed by atoms with E-state index in [1.54, 1.807) is 0 Å². The van der Waals surface area contributed by atoms with Crippen LogP contribution < -0.4 is 0 Å². The van der Waals surface area contributed by atoms with E-state index in [2.05, 4.69) is 15.9 Å². The number of nitrogens with zero attached hydrogens (tertiary/aromatic N) is 1. The maximum absolute atomic E-state index is 12.4. The minimum absolute atomic E-state index is 0.0265. The monoisotopic (exact) mass is 331 g/mol. The first-order valence-corrected chi connectivity index (χ1v) is 7.19. The molecular formula is C13H15BrClNO2. The van der Waals surface area contributed by atoms with E-state index in [9.17, 15) is 4.79 Å². The van der Waals surface area contributed by atoms with E-state index < -0.39 is 0 Å². The Labute approximate surface area is 120 Å². The van der Waals surface area contributed by atoms with Gasteiger partial charge in [0.25, 0.3) is 5.91 Å². The molecule has 0 aliphatic carbocycles. The summed E-state index contributed by atoms with van der Waals surface area (Å²) in [6.45, 7) is 3.12. The van der Waals surface area contributed by atoms with E-state index in [4.69, 9.17) is 16.3 Å². The highest BCUT2D eigenvalue weighted by Gasteiger charge is 2.28. The van der Waals surface area contributed by atoms with Crippen LogP contribution in [-0.2, 0) is 4.74 Å². The molecule has 0 saturated carbocycles. The number of carbonyl (C=O) groups excluding carboxylic acids is 1. The Bertz CT molecular complexity index is 441. The second-order valence-electron chi connectivity index (χ2n) is 4.44. The SMILES string of the molecule is CC1CN(C(=O)c2cccc(Br)c2)CC(CCl)O1. The number of hydrogen-bond acceptors (Lipinski definition) is 2. The molecule has 2 unspecified atom stereocenters. The number of halogens is 2. The molecule has 3 nitrogen and oxygen atoms in total. The molecule has 1 heterocycles. The molecule has 1 aromatic rings. The number of rotatable bonds is 2. The van der Waals surface area contributed by atoms with Crippen molar-refractivity contribution in [3.63, 3.8) is 0 Å². The van der Waals surface area contributed by atoms with E-state index in [-0.39, 0.29) is 18.1 Å². The molecule has 2 atom stereocenters. The molecule has 2 rings (SSSR count). The van der Waals surface area contributed by atoms with Gasteiger partial charge in [0.15, 0.2) is 0 Å². The van der Waals surface area contributed by atoms with E-state index in [0.717, 1.165) is 4.47 Å². The summed E-state index contributed by atoms with van der Waals surface area (Å²) in [6.07, 6.45) is -0.0508. The molecule has 1 aliphatic rings. The Morgan fingerprint density at radius 2 is 2.33 bits per heavy atom. The number of alkyl halides is 1. The summed E-state index contributed by atoms with van der Waals surface area (Å²) >= 11 is 9.19. The Morgan fingerprint density at radius 3 is 3.00 bits per heavy atom. The van der Waals surface area contributed by atoms with Crippen molar-refractivity contribution in [1.29, 1.82) is 0 Å². The number of hydrogen-bond donors (Lipinski definition) is 0. The average Bonchev–Trinajstić information content (AvgIpc) is 2.37. The first-order valence-electron chi connectivity index (χ1n) is 5.86. The van der Waals surface area contributed by atoms with Crippen molar-refractivity contribution in [2.75, 3.05) is 19.0 Å². The highest BCUT2D eigenvalue weighted by Crippen LogP contribution is 2.18. The molecule has 1 aromatic carbocycles. The van der Waals surface area contributed by atoms with Crippen molar-refractivity contribution in [1.82, 2.24) is 4.90 Å². The van der Waals surface area contributed by atoms with Crippen LogP contribution in [0.15, 0.2) is 28.7 Å². The average molecular weight is 333 g/mol. The Morgan fingerprint density at radius 1 is 1.56 bits per heavy atom. The third-order valence-corrected chi connectivity index (χ3v) is 3.69. The molecule has 1 aliphatic heterocycles. The standard InChI is InChI=1S/C13H15BrClNO2/c1-9-7-16(8-12(6-15)18-9)13(17)10-3-2-4-11(14)5-10/h2-5,9,12H,6-8H2,1H3. The molecule has 0 bridgehead atoms. The van der Waals surface area contributed by atoms with Crippen LogP contribution in [0, 0.1) is 0 Å². The molecule has 0 aromatic heterocycles. The first-order chi connectivity index (χ1) is 8.60. The number of amides is 1. The van der Waals surface area contributed by atoms with Gasteiger partial charge in [-0.05, 0) is 25.1 Å². The highest BCUT2D eigenvalue weighted by molar-refractivity contribution is 9.10. The predicted octanol–water partition coefficient (Wildman–Crippen LogP) is 2.92. The zero-order valence-corrected chi connectivity index (χ0v) is 12.4. The van der Waals surface area contributed by atoms with Crippen molar-refractivity contribution in [3.05, 3.63) is 34.3 Å². The summed E-state index contributed by atoms with van der Waals surface area (Å²) in [6, 6.07) is 7.42. The summed E-state index contributed by atoms with van der Waals surface area (Å²) in [4.78, 5) is 14.2. The van der Waals surface area contributed by atoms with E-state index >= 15 is 0 Å². The molecule has 0 N–H and O–H groups in total. The van der Waals surface area contributed by atoms with Crippen LogP contribution in [0.2, 0.25) is 0 Å². The zero-order valence-electron chi connectivity index (χ0n) is 10.1. The maximum Gasteiger partial charge on any atom is 0.254 e. The molecule has 1 saturated heterocycles. The van der Waals surface area contributed by atoms with Gasteiger partial charge in [-0.25, -0.2) is 0 Å². The zero-order chi connectivity index (χ0) is 13.1. The van der Waals surface area contributed by atoms with Crippen LogP contribution in [0.4, 0.5) is 0 Å². The second-order valence-corrected chi connectivity index (χ2v) is 5.67. The smallest absolute Gasteiger partial charge is 0.254 e. The van der Waals surface area contributed by atoms with Crippen molar-refractivity contribution >= 4 is 33.4 Å². The molecule has 0 radical (unpaired) electrons. The number of carbonyl (C=O) groups is 1. The Kier molecular flexibility index (Phi) is 4.65. The summed E-state index contributed by atoms with van der Waals surface area (Å²) in [5, 5.41) is 0. The van der Waals surface area contributed by atoms with Crippen molar-refractivity contribution in [3.8, 4) is 0 Å². The van der Waals surface area contributed by atoms with Gasteiger partial charge in [-0.3, -0.25) is 4.79 Å². The highest BCUT2D eigenvalue weighted by atomic mass is 79.9. The lowest BCUT2D eigenvalue weighted by atomic mass is 10.1. The molecule has 0 spiro atoms. The van der Waals surface area contributed by atoms with Crippen LogP contribution in [0.5, 0.6) is 0 Å². The minimum atomic E-state index is -0.0773. The molecule has 18 heavy (non-hydrogen) atoms. The van der Waals surface area contributed by atoms with E-state index in [1.165, 1.54) is 0 Å². The second kappa shape index (κ2) is 6.04. The van der Waals surface area contributed by atoms with Crippen LogP contribution >= 0.6 is 27.5 Å². The van der Waals surface area contributed by atoms with Crippen molar-refractivity contribution in [2.24, 2.45) is 0 Å². The van der Waals surface area contributed by atoms with Gasteiger partial charge >= 0.3 is 0 Å². The fraction of sp³-hybridized carbons (Fsp3) is 0.462. The van der Waals surface area contributed by atoms with Gasteiger partial charge in [-0.15, -0.1) is 11.6 Å². The van der Waals surface area contributed by atoms with Gasteiger partial charge in [0.05, 0.1) is 18.1 Å². The summed E-state index contributed by atoms with van der Waals surface area (Å²) < 4.78 is 6.55. The number of benzene rings is 1. The fourth-order valence-corrected chi connectivity index (χ4v) is 2.67. The summed E-state index contributed by atoms with van der Waals surface area (Å²) in [7, 11) is 0. The first kappa shape index (κ1) is 13.8. The van der Waals surface area contributed by atoms with Gasteiger partial charge in [0, 0.05) is 23.1 Å². The fourth-order valence-electron chi connectivity index (χ4n) is 2.10. The summed E-state index contributed by atoms with van der Waals surface area (Å²) in [5.74, 6) is 0.439. The molecule has 1 amide bonds. The Hall–Kier alpha value is -0.580. The van der Waals surface area contributed by atoms with Gasteiger partial charge in [-0.1, -0.05) is 22.0 Å². The van der Waals surface area contributed by atoms with Crippen molar-refractivity contribution < 1.29 is 9.53 Å². The third kappa shape index (κ3) is 3.25. The van der Waals surface area contributed by atoms with Crippen LogP contribution in [-0.4, -0.2) is 42.0 Å². The van der Waals surface area contributed by atoms with Gasteiger partial charge in [-0.2, -0.15) is 0 Å². The lowest BCUT2D eigenvalue weighted by Gasteiger charge is -2.36. The maximum atomic E-state index is 12.4. The van der Waals surface area contributed by atoms with Gasteiger partial charge in [0.1, 0.15) is 0 Å². The third-order valence-electron chi connectivity index (χ3n) is 2.86. The molecule has 1 fully saturated rings. The molecule has 5 heteroatoms. The van der Waals surface area contributed by atoms with Crippen molar-refractivity contribution in [2.45, 2.75) is 19.1 Å². The van der Waals surface area contributed by atoms with Gasteiger partial charge in [0.2, 0.25) is 0 Å². The Balaban J connectivity index is 2.13. The van der Waals surface area contributed by atoms with Crippen LogP contribution in [0.3, 0.4) is 0 Å². The lowest BCUT2D eigenvalue weighted by molar-refractivity contribution is -0.0570. The normalized spacial score (nSPS) is 24.1. The quantitative estimate of drug-likeness (QED) is 0.779. The number of ether oxygens (including phenoxy) is 1. The van der Waals surface area contributed by atoms with Crippen LogP contribution in [0.25, 0.3) is 0 Å². The summed E-state index contributed by atoms with van der Waals surface area (Å²) in [5.41, 5.74) is 0.687. The topological polar surface area (TPSA) is 29.5 Å². The number of morpholine rings is 1. The molecule has 98 valence electrons.